The first-order valence-corrected chi connectivity index (χ1v) is 8.56. The molecule has 1 heterocycles. The quantitative estimate of drug-likeness (QED) is 0.634. The van der Waals surface area contributed by atoms with Crippen LogP contribution in [-0.4, -0.2) is 36.5 Å². The van der Waals surface area contributed by atoms with Crippen molar-refractivity contribution >= 4 is 17.7 Å². The second-order valence-corrected chi connectivity index (χ2v) is 6.20. The number of nitrogens with one attached hydrogen (secondary N) is 2. The number of hydrogen-bond donors (Lipinski definition) is 2. The largest absolute Gasteiger partial charge is 0.356 e. The van der Waals surface area contributed by atoms with Crippen molar-refractivity contribution in [2.24, 2.45) is 0 Å². The molecule has 2 N–H and O–H groups in total. The van der Waals surface area contributed by atoms with Crippen LogP contribution in [0.3, 0.4) is 0 Å². The molecule has 1 aliphatic rings. The second kappa shape index (κ2) is 10.7. The molecule has 0 aromatic rings. The summed E-state index contributed by atoms with van der Waals surface area (Å²) in [6, 6.07) is 0.383. The Bertz CT molecular complexity index is 218. The summed E-state index contributed by atoms with van der Waals surface area (Å²) in [5.41, 5.74) is 0. The van der Waals surface area contributed by atoms with Crippen molar-refractivity contribution in [1.29, 1.82) is 0 Å². The van der Waals surface area contributed by atoms with Crippen molar-refractivity contribution in [2.75, 3.05) is 24.6 Å². The molecule has 1 saturated heterocycles. The molecule has 0 radical (unpaired) electrons. The van der Waals surface area contributed by atoms with Gasteiger partial charge in [-0.25, -0.2) is 0 Å². The van der Waals surface area contributed by atoms with Gasteiger partial charge in [-0.3, -0.25) is 4.79 Å². The maximum atomic E-state index is 11.7. The molecule has 0 aromatic carbocycles. The predicted octanol–water partition coefficient (Wildman–Crippen LogP) is 2.56. The Morgan fingerprint density at radius 3 is 2.78 bits per heavy atom. The fourth-order valence-corrected chi connectivity index (χ4v) is 3.13. The average Bonchev–Trinajstić information content (AvgIpc) is 2.39. The number of carbonyl (C=O) groups is 1. The van der Waals surface area contributed by atoms with Gasteiger partial charge in [-0.05, 0) is 6.42 Å². The lowest BCUT2D eigenvalue weighted by Gasteiger charge is -2.22. The van der Waals surface area contributed by atoms with Crippen LogP contribution in [0.1, 0.15) is 51.9 Å². The van der Waals surface area contributed by atoms with Gasteiger partial charge in [0.2, 0.25) is 5.91 Å². The van der Waals surface area contributed by atoms with Gasteiger partial charge in [0, 0.05) is 37.1 Å². The van der Waals surface area contributed by atoms with E-state index in [0.717, 1.165) is 25.3 Å². The Morgan fingerprint density at radius 2 is 2.06 bits per heavy atom. The van der Waals surface area contributed by atoms with E-state index in [-0.39, 0.29) is 5.91 Å². The average molecular weight is 272 g/mol. The summed E-state index contributed by atoms with van der Waals surface area (Å²) in [5.74, 6) is 2.46. The molecule has 0 spiro atoms. The van der Waals surface area contributed by atoms with Crippen LogP contribution in [0.2, 0.25) is 0 Å². The van der Waals surface area contributed by atoms with E-state index in [4.69, 9.17) is 0 Å². The maximum Gasteiger partial charge on any atom is 0.221 e. The monoisotopic (exact) mass is 272 g/mol. The second-order valence-electron chi connectivity index (χ2n) is 5.05. The molecule has 0 saturated carbocycles. The van der Waals surface area contributed by atoms with Crippen molar-refractivity contribution in [2.45, 2.75) is 57.9 Å². The van der Waals surface area contributed by atoms with E-state index in [1.54, 1.807) is 0 Å². The van der Waals surface area contributed by atoms with Crippen LogP contribution < -0.4 is 10.6 Å². The molecule has 106 valence electrons. The molecule has 18 heavy (non-hydrogen) atoms. The zero-order valence-corrected chi connectivity index (χ0v) is 12.5. The minimum Gasteiger partial charge on any atom is -0.356 e. The minimum absolute atomic E-state index is 0.212. The third-order valence-corrected chi connectivity index (χ3v) is 4.41. The van der Waals surface area contributed by atoms with Crippen LogP contribution in [-0.2, 0) is 4.79 Å². The van der Waals surface area contributed by atoms with Gasteiger partial charge in [-0.2, -0.15) is 11.8 Å². The Kier molecular flexibility index (Phi) is 9.40. The molecule has 1 amide bonds. The highest BCUT2D eigenvalue weighted by atomic mass is 32.2. The number of rotatable bonds is 9. The topological polar surface area (TPSA) is 41.1 Å². The lowest BCUT2D eigenvalue weighted by Crippen LogP contribution is -2.41. The Balaban J connectivity index is 1.90. The predicted molar refractivity (Wildman–Crippen MR) is 80.1 cm³/mol. The van der Waals surface area contributed by atoms with E-state index in [2.05, 4.69) is 17.6 Å². The molecule has 0 aliphatic carbocycles. The van der Waals surface area contributed by atoms with Crippen LogP contribution in [0.5, 0.6) is 0 Å². The third kappa shape index (κ3) is 7.98. The van der Waals surface area contributed by atoms with Crippen molar-refractivity contribution in [3.05, 3.63) is 0 Å². The highest BCUT2D eigenvalue weighted by Gasteiger charge is 2.15. The number of carbonyl (C=O) groups excluding carboxylic acids is 1. The number of amides is 1. The van der Waals surface area contributed by atoms with Gasteiger partial charge < -0.3 is 10.6 Å². The summed E-state index contributed by atoms with van der Waals surface area (Å²) in [6.45, 7) is 4.13. The summed E-state index contributed by atoms with van der Waals surface area (Å²) in [6.07, 6.45) is 8.31. The van der Waals surface area contributed by atoms with Crippen molar-refractivity contribution in [3.8, 4) is 0 Å². The van der Waals surface area contributed by atoms with Gasteiger partial charge in [-0.15, -0.1) is 0 Å². The standard InChI is InChI=1S/C14H28N2OS/c1-2-3-4-5-6-7-8-16-14(17)11-13-12-18-10-9-15-13/h13,15H,2-12H2,1H3,(H,16,17). The third-order valence-electron chi connectivity index (χ3n) is 3.28. The van der Waals surface area contributed by atoms with E-state index >= 15 is 0 Å². The zero-order valence-electron chi connectivity index (χ0n) is 11.7. The molecule has 0 bridgehead atoms. The van der Waals surface area contributed by atoms with Crippen LogP contribution >= 0.6 is 11.8 Å². The van der Waals surface area contributed by atoms with Crippen molar-refractivity contribution < 1.29 is 4.79 Å². The number of unbranched alkanes of at least 4 members (excludes halogenated alkanes) is 5. The fraction of sp³-hybridized carbons (Fsp3) is 0.929. The lowest BCUT2D eigenvalue weighted by atomic mass is 10.1. The number of hydrogen-bond acceptors (Lipinski definition) is 3. The van der Waals surface area contributed by atoms with E-state index in [1.807, 2.05) is 11.8 Å². The van der Waals surface area contributed by atoms with Crippen LogP contribution in [0.4, 0.5) is 0 Å². The highest BCUT2D eigenvalue weighted by Crippen LogP contribution is 2.10. The van der Waals surface area contributed by atoms with Crippen molar-refractivity contribution in [1.82, 2.24) is 10.6 Å². The van der Waals surface area contributed by atoms with Gasteiger partial charge in [0.15, 0.2) is 0 Å². The molecule has 0 aromatic heterocycles. The van der Waals surface area contributed by atoms with E-state index in [1.165, 1.54) is 37.9 Å². The zero-order chi connectivity index (χ0) is 13.1. The summed E-state index contributed by atoms with van der Waals surface area (Å²) < 4.78 is 0. The number of thioether (sulfide) groups is 1. The summed E-state index contributed by atoms with van der Waals surface area (Å²) in [7, 11) is 0. The van der Waals surface area contributed by atoms with Gasteiger partial charge >= 0.3 is 0 Å². The molecule has 1 aliphatic heterocycles. The first kappa shape index (κ1) is 15.8. The smallest absolute Gasteiger partial charge is 0.221 e. The summed E-state index contributed by atoms with van der Waals surface area (Å²) in [5, 5.41) is 6.43. The van der Waals surface area contributed by atoms with E-state index < -0.39 is 0 Å². The minimum atomic E-state index is 0.212. The molecule has 4 heteroatoms. The maximum absolute atomic E-state index is 11.7. The molecule has 3 nitrogen and oxygen atoms in total. The van der Waals surface area contributed by atoms with Crippen LogP contribution in [0.15, 0.2) is 0 Å². The molecule has 1 unspecified atom stereocenters. The van der Waals surface area contributed by atoms with E-state index in [0.29, 0.717) is 12.5 Å². The first-order valence-electron chi connectivity index (χ1n) is 7.40. The Hall–Kier alpha value is -0.220. The summed E-state index contributed by atoms with van der Waals surface area (Å²) >= 11 is 1.94. The SMILES string of the molecule is CCCCCCCCNC(=O)CC1CSCCN1. The van der Waals surface area contributed by atoms with E-state index in [9.17, 15) is 4.79 Å². The van der Waals surface area contributed by atoms with Crippen molar-refractivity contribution in [3.63, 3.8) is 0 Å². The van der Waals surface area contributed by atoms with Gasteiger partial charge in [0.05, 0.1) is 0 Å². The van der Waals surface area contributed by atoms with Gasteiger partial charge in [0.1, 0.15) is 0 Å². The molecular weight excluding hydrogens is 244 g/mol. The first-order chi connectivity index (χ1) is 8.83. The van der Waals surface area contributed by atoms with Gasteiger partial charge in [-0.1, -0.05) is 39.0 Å². The molecule has 1 fully saturated rings. The Labute approximate surface area is 116 Å². The van der Waals surface area contributed by atoms with Crippen LogP contribution in [0, 0.1) is 0 Å². The molecule has 1 atom stereocenters. The lowest BCUT2D eigenvalue weighted by molar-refractivity contribution is -0.121. The Morgan fingerprint density at radius 1 is 1.28 bits per heavy atom. The molecular formula is C14H28N2OS. The fourth-order valence-electron chi connectivity index (χ4n) is 2.18. The molecule has 1 rings (SSSR count). The summed E-state index contributed by atoms with van der Waals surface area (Å²) in [4.78, 5) is 11.7. The normalized spacial score (nSPS) is 19.7. The van der Waals surface area contributed by atoms with Crippen LogP contribution in [0.25, 0.3) is 0 Å². The highest BCUT2D eigenvalue weighted by molar-refractivity contribution is 7.99. The van der Waals surface area contributed by atoms with Gasteiger partial charge in [0.25, 0.3) is 0 Å².